The highest BCUT2D eigenvalue weighted by Gasteiger charge is 2.33. The molecule has 4 rings (SSSR count). The van der Waals surface area contributed by atoms with Crippen molar-refractivity contribution in [3.05, 3.63) is 41.7 Å². The second kappa shape index (κ2) is 5.64. The van der Waals surface area contributed by atoms with Gasteiger partial charge >= 0.3 is 0 Å². The van der Waals surface area contributed by atoms with Crippen molar-refractivity contribution in [2.75, 3.05) is 19.6 Å². The van der Waals surface area contributed by atoms with E-state index in [0.29, 0.717) is 11.3 Å². The lowest BCUT2D eigenvalue weighted by atomic mass is 9.97. The van der Waals surface area contributed by atoms with Crippen molar-refractivity contribution in [2.24, 2.45) is 5.92 Å². The number of nitrogens with one attached hydrogen (secondary N) is 1. The minimum atomic E-state index is -0.123. The van der Waals surface area contributed by atoms with Gasteiger partial charge in [-0.05, 0) is 48.9 Å². The van der Waals surface area contributed by atoms with E-state index >= 15 is 0 Å². The summed E-state index contributed by atoms with van der Waals surface area (Å²) >= 11 is 0. The summed E-state index contributed by atoms with van der Waals surface area (Å²) in [6.45, 7) is 3.27. The summed E-state index contributed by atoms with van der Waals surface area (Å²) in [5.41, 5.74) is 1.01. The molecular weight excluding hydrogens is 288 g/mol. The molecule has 3 atom stereocenters. The van der Waals surface area contributed by atoms with E-state index in [2.05, 4.69) is 21.3 Å². The van der Waals surface area contributed by atoms with Crippen LogP contribution in [0.1, 0.15) is 28.9 Å². The van der Waals surface area contributed by atoms with Crippen LogP contribution >= 0.6 is 0 Å². The van der Waals surface area contributed by atoms with Gasteiger partial charge in [-0.3, -0.25) is 9.78 Å². The first-order valence-electron chi connectivity index (χ1n) is 8.04. The second-order valence-electron chi connectivity index (χ2n) is 6.56. The van der Waals surface area contributed by atoms with Gasteiger partial charge in [0.2, 0.25) is 0 Å². The molecule has 23 heavy (non-hydrogen) atoms. The molecule has 2 bridgehead atoms. The van der Waals surface area contributed by atoms with E-state index in [9.17, 15) is 4.79 Å². The second-order valence-corrected chi connectivity index (χ2v) is 6.56. The van der Waals surface area contributed by atoms with E-state index in [-0.39, 0.29) is 11.9 Å². The van der Waals surface area contributed by atoms with Crippen LogP contribution in [0.25, 0.3) is 10.8 Å². The van der Waals surface area contributed by atoms with Gasteiger partial charge in [-0.25, -0.2) is 0 Å². The Morgan fingerprint density at radius 3 is 3.04 bits per heavy atom. The Hall–Kier alpha value is -2.45. The van der Waals surface area contributed by atoms with Crippen LogP contribution in [0, 0.1) is 17.2 Å². The number of carbonyl (C=O) groups excluding carboxylic acids is 1. The van der Waals surface area contributed by atoms with Crippen LogP contribution in [0.5, 0.6) is 0 Å². The van der Waals surface area contributed by atoms with Gasteiger partial charge in [0.05, 0.1) is 11.6 Å². The highest BCUT2D eigenvalue weighted by atomic mass is 16.1. The molecule has 0 radical (unpaired) electrons. The Morgan fingerprint density at radius 1 is 1.30 bits per heavy atom. The van der Waals surface area contributed by atoms with E-state index in [0.717, 1.165) is 36.2 Å². The van der Waals surface area contributed by atoms with Crippen molar-refractivity contribution in [3.63, 3.8) is 0 Å². The summed E-state index contributed by atoms with van der Waals surface area (Å²) in [4.78, 5) is 19.2. The van der Waals surface area contributed by atoms with Crippen molar-refractivity contribution in [2.45, 2.75) is 18.9 Å². The Bertz CT molecular complexity index is 798. The average Bonchev–Trinajstić information content (AvgIpc) is 2.92. The average molecular weight is 306 g/mol. The van der Waals surface area contributed by atoms with Crippen molar-refractivity contribution in [1.29, 1.82) is 5.26 Å². The van der Waals surface area contributed by atoms with E-state index in [1.807, 2.05) is 6.07 Å². The summed E-state index contributed by atoms with van der Waals surface area (Å²) in [6, 6.07) is 9.51. The molecule has 116 valence electrons. The first kappa shape index (κ1) is 14.2. The van der Waals surface area contributed by atoms with Crippen LogP contribution in [-0.4, -0.2) is 41.5 Å². The number of hydrogen-bond acceptors (Lipinski definition) is 4. The Labute approximate surface area is 134 Å². The maximum Gasteiger partial charge on any atom is 0.270 e. The monoisotopic (exact) mass is 306 g/mol. The molecule has 1 N–H and O–H groups in total. The summed E-state index contributed by atoms with van der Waals surface area (Å²) in [7, 11) is 0. The number of hydrogen-bond donors (Lipinski definition) is 1. The van der Waals surface area contributed by atoms with Gasteiger partial charge in [0, 0.05) is 30.7 Å². The summed E-state index contributed by atoms with van der Waals surface area (Å²) in [5, 5.41) is 13.9. The Balaban J connectivity index is 1.53. The van der Waals surface area contributed by atoms with Gasteiger partial charge in [0.15, 0.2) is 0 Å². The van der Waals surface area contributed by atoms with E-state index in [1.54, 1.807) is 24.4 Å². The fourth-order valence-electron chi connectivity index (χ4n) is 3.76. The topological polar surface area (TPSA) is 69.0 Å². The standard InChI is InChI=1S/C18H18N4O/c19-8-12-1-2-14-9-20-17(7-15(14)5-12)18(23)21-16-6-13-3-4-22(10-13)11-16/h1-2,5,7,9,13,16H,3-4,6,10-11H2,(H,21,23). The van der Waals surface area contributed by atoms with Gasteiger partial charge < -0.3 is 10.2 Å². The fraction of sp³-hybridized carbons (Fsp3) is 0.389. The molecule has 2 aromatic rings. The molecule has 1 aromatic carbocycles. The van der Waals surface area contributed by atoms with Gasteiger partial charge in [0.25, 0.3) is 5.91 Å². The molecule has 0 spiro atoms. The highest BCUT2D eigenvalue weighted by Crippen LogP contribution is 2.26. The van der Waals surface area contributed by atoms with E-state index < -0.39 is 0 Å². The molecule has 3 unspecified atom stereocenters. The molecule has 5 nitrogen and oxygen atoms in total. The zero-order chi connectivity index (χ0) is 15.8. The lowest BCUT2D eigenvalue weighted by Gasteiger charge is -2.30. The summed E-state index contributed by atoms with van der Waals surface area (Å²) in [5.74, 6) is 0.596. The van der Waals surface area contributed by atoms with Gasteiger partial charge in [-0.2, -0.15) is 5.26 Å². The Morgan fingerprint density at radius 2 is 2.22 bits per heavy atom. The van der Waals surface area contributed by atoms with Crippen molar-refractivity contribution >= 4 is 16.7 Å². The third-order valence-corrected chi connectivity index (χ3v) is 4.89. The predicted molar refractivity (Wildman–Crippen MR) is 86.9 cm³/mol. The van der Waals surface area contributed by atoms with Crippen molar-refractivity contribution in [3.8, 4) is 6.07 Å². The molecule has 3 heterocycles. The zero-order valence-corrected chi connectivity index (χ0v) is 12.8. The molecule has 5 heteroatoms. The quantitative estimate of drug-likeness (QED) is 0.920. The molecular formula is C18H18N4O. The third-order valence-electron chi connectivity index (χ3n) is 4.89. The molecule has 2 aliphatic heterocycles. The van der Waals surface area contributed by atoms with Gasteiger partial charge in [-0.15, -0.1) is 0 Å². The maximum absolute atomic E-state index is 12.5. The largest absolute Gasteiger partial charge is 0.347 e. The number of nitriles is 1. The van der Waals surface area contributed by atoms with Crippen LogP contribution in [0.2, 0.25) is 0 Å². The number of nitrogens with zero attached hydrogens (tertiary/aromatic N) is 3. The summed E-state index contributed by atoms with van der Waals surface area (Å²) < 4.78 is 0. The Kier molecular flexibility index (Phi) is 3.47. The lowest BCUT2D eigenvalue weighted by Crippen LogP contribution is -2.47. The number of carbonyl (C=O) groups is 1. The number of piperidine rings is 1. The van der Waals surface area contributed by atoms with Gasteiger partial charge in [0.1, 0.15) is 5.69 Å². The maximum atomic E-state index is 12.5. The van der Waals surface area contributed by atoms with Crippen molar-refractivity contribution in [1.82, 2.24) is 15.2 Å². The first-order valence-corrected chi connectivity index (χ1v) is 8.04. The number of pyridine rings is 1. The predicted octanol–water partition coefficient (Wildman–Crippen LogP) is 1.93. The molecule has 1 amide bonds. The van der Waals surface area contributed by atoms with Crippen LogP contribution < -0.4 is 5.32 Å². The van der Waals surface area contributed by atoms with Crippen LogP contribution in [0.4, 0.5) is 0 Å². The molecule has 2 aliphatic rings. The first-order chi connectivity index (χ1) is 11.2. The number of amides is 1. The zero-order valence-electron chi connectivity index (χ0n) is 12.8. The SMILES string of the molecule is N#Cc1ccc2cnc(C(=O)NC3CC4CCN(C4)C3)cc2c1. The molecule has 0 aliphatic carbocycles. The number of rotatable bonds is 2. The van der Waals surface area contributed by atoms with Crippen LogP contribution in [0.3, 0.4) is 0 Å². The highest BCUT2D eigenvalue weighted by molar-refractivity contribution is 5.96. The van der Waals surface area contributed by atoms with E-state index in [4.69, 9.17) is 5.26 Å². The van der Waals surface area contributed by atoms with Gasteiger partial charge in [-0.1, -0.05) is 6.07 Å². The molecule has 2 fully saturated rings. The molecule has 2 saturated heterocycles. The fourth-order valence-corrected chi connectivity index (χ4v) is 3.76. The third kappa shape index (κ3) is 2.78. The van der Waals surface area contributed by atoms with Crippen LogP contribution in [0.15, 0.2) is 30.5 Å². The van der Waals surface area contributed by atoms with E-state index in [1.165, 1.54) is 13.0 Å². The molecule has 0 saturated carbocycles. The number of fused-ring (bicyclic) bond motifs is 3. The number of benzene rings is 1. The number of aromatic nitrogens is 1. The minimum absolute atomic E-state index is 0.123. The lowest BCUT2D eigenvalue weighted by molar-refractivity contribution is 0.0904. The normalized spacial score (nSPS) is 26.0. The minimum Gasteiger partial charge on any atom is -0.347 e. The molecule has 1 aromatic heterocycles. The van der Waals surface area contributed by atoms with Crippen LogP contribution in [-0.2, 0) is 0 Å². The summed E-state index contributed by atoms with van der Waals surface area (Å²) in [6.07, 6.45) is 4.01. The smallest absolute Gasteiger partial charge is 0.270 e. The van der Waals surface area contributed by atoms with Crippen molar-refractivity contribution < 1.29 is 4.79 Å².